The number of nitrogens with one attached hydrogen (secondary N) is 1. The first-order chi connectivity index (χ1) is 7.66. The molecule has 94 valence electrons. The van der Waals surface area contributed by atoms with E-state index >= 15 is 0 Å². The van der Waals surface area contributed by atoms with E-state index in [2.05, 4.69) is 31.0 Å². The normalized spacial score (nSPS) is 33.9. The lowest BCUT2D eigenvalue weighted by molar-refractivity contribution is 0.0978. The van der Waals surface area contributed by atoms with E-state index in [1.807, 2.05) is 0 Å². The van der Waals surface area contributed by atoms with Crippen molar-refractivity contribution in [2.24, 2.45) is 11.8 Å². The van der Waals surface area contributed by atoms with Crippen LogP contribution in [0.15, 0.2) is 0 Å². The summed E-state index contributed by atoms with van der Waals surface area (Å²) in [4.78, 5) is 2.70. The molecule has 1 aliphatic carbocycles. The van der Waals surface area contributed by atoms with Gasteiger partial charge in [-0.1, -0.05) is 13.8 Å². The Morgan fingerprint density at radius 2 is 2.00 bits per heavy atom. The van der Waals surface area contributed by atoms with Crippen molar-refractivity contribution in [2.45, 2.75) is 58.5 Å². The molecule has 2 fully saturated rings. The largest absolute Gasteiger partial charge is 0.314 e. The molecule has 3 atom stereocenters. The lowest BCUT2D eigenvalue weighted by atomic mass is 9.91. The molecule has 2 aliphatic rings. The smallest absolute Gasteiger partial charge is 0.00926 e. The van der Waals surface area contributed by atoms with Crippen molar-refractivity contribution in [2.75, 3.05) is 19.6 Å². The van der Waals surface area contributed by atoms with Crippen molar-refractivity contribution in [3.63, 3.8) is 0 Å². The number of rotatable bonds is 5. The van der Waals surface area contributed by atoms with Gasteiger partial charge in [-0.15, -0.1) is 0 Å². The second kappa shape index (κ2) is 5.50. The van der Waals surface area contributed by atoms with Gasteiger partial charge in [-0.25, -0.2) is 0 Å². The van der Waals surface area contributed by atoms with E-state index in [1.54, 1.807) is 0 Å². The molecule has 0 aromatic heterocycles. The lowest BCUT2D eigenvalue weighted by Gasteiger charge is -2.39. The van der Waals surface area contributed by atoms with Crippen LogP contribution in [0.1, 0.15) is 46.5 Å². The standard InChI is InChI=1S/C14H28N2/c1-11(9-15-14-6-7-14)10-16-8-4-5-12(2)13(16)3/h11-15H,4-10H2,1-3H3. The molecule has 0 bridgehead atoms. The molecule has 0 radical (unpaired) electrons. The van der Waals surface area contributed by atoms with E-state index in [-0.39, 0.29) is 0 Å². The average Bonchev–Trinajstić information content (AvgIpc) is 3.06. The van der Waals surface area contributed by atoms with Crippen molar-refractivity contribution in [3.8, 4) is 0 Å². The van der Waals surface area contributed by atoms with Crippen LogP contribution >= 0.6 is 0 Å². The van der Waals surface area contributed by atoms with E-state index in [1.165, 1.54) is 45.3 Å². The highest BCUT2D eigenvalue weighted by Crippen LogP contribution is 2.24. The van der Waals surface area contributed by atoms with Gasteiger partial charge in [0.15, 0.2) is 0 Å². The third-order valence-corrected chi connectivity index (χ3v) is 4.38. The maximum absolute atomic E-state index is 3.65. The first kappa shape index (κ1) is 12.4. The van der Waals surface area contributed by atoms with Crippen molar-refractivity contribution < 1.29 is 0 Å². The first-order valence-electron chi connectivity index (χ1n) is 7.14. The van der Waals surface area contributed by atoms with Gasteiger partial charge in [0.2, 0.25) is 0 Å². The van der Waals surface area contributed by atoms with Crippen LogP contribution in [-0.4, -0.2) is 36.6 Å². The quantitative estimate of drug-likeness (QED) is 0.772. The second-order valence-electron chi connectivity index (χ2n) is 6.14. The van der Waals surface area contributed by atoms with E-state index in [0.29, 0.717) is 0 Å². The molecule has 1 heterocycles. The van der Waals surface area contributed by atoms with Crippen LogP contribution in [-0.2, 0) is 0 Å². The van der Waals surface area contributed by atoms with Gasteiger partial charge in [-0.3, -0.25) is 0 Å². The Hall–Kier alpha value is -0.0800. The Morgan fingerprint density at radius 3 is 2.69 bits per heavy atom. The highest BCUT2D eigenvalue weighted by Gasteiger charge is 2.26. The summed E-state index contributed by atoms with van der Waals surface area (Å²) in [6, 6.07) is 1.65. The zero-order valence-corrected chi connectivity index (χ0v) is 11.2. The molecular weight excluding hydrogens is 196 g/mol. The van der Waals surface area contributed by atoms with Gasteiger partial charge in [0.25, 0.3) is 0 Å². The van der Waals surface area contributed by atoms with Gasteiger partial charge in [0.1, 0.15) is 0 Å². The topological polar surface area (TPSA) is 15.3 Å². The number of hydrogen-bond acceptors (Lipinski definition) is 2. The maximum Gasteiger partial charge on any atom is 0.00926 e. The van der Waals surface area contributed by atoms with Crippen LogP contribution < -0.4 is 5.32 Å². The van der Waals surface area contributed by atoms with E-state index < -0.39 is 0 Å². The third kappa shape index (κ3) is 3.46. The van der Waals surface area contributed by atoms with Crippen LogP contribution in [0, 0.1) is 11.8 Å². The minimum atomic E-state index is 0.789. The van der Waals surface area contributed by atoms with E-state index in [9.17, 15) is 0 Å². The van der Waals surface area contributed by atoms with Crippen LogP contribution in [0.25, 0.3) is 0 Å². The second-order valence-corrected chi connectivity index (χ2v) is 6.14. The van der Waals surface area contributed by atoms with Crippen LogP contribution in [0.2, 0.25) is 0 Å². The molecule has 0 aromatic carbocycles. The number of likely N-dealkylation sites (tertiary alicyclic amines) is 1. The van der Waals surface area contributed by atoms with E-state index in [0.717, 1.165) is 23.9 Å². The summed E-state index contributed by atoms with van der Waals surface area (Å²) in [5.41, 5.74) is 0. The summed E-state index contributed by atoms with van der Waals surface area (Å²) < 4.78 is 0. The van der Waals surface area contributed by atoms with Crippen LogP contribution in [0.5, 0.6) is 0 Å². The maximum atomic E-state index is 3.65. The minimum absolute atomic E-state index is 0.789. The summed E-state index contributed by atoms with van der Waals surface area (Å²) in [5.74, 6) is 1.69. The molecule has 0 amide bonds. The zero-order valence-electron chi connectivity index (χ0n) is 11.2. The van der Waals surface area contributed by atoms with Gasteiger partial charge in [-0.2, -0.15) is 0 Å². The molecule has 1 N–H and O–H groups in total. The van der Waals surface area contributed by atoms with Crippen LogP contribution in [0.3, 0.4) is 0 Å². The van der Waals surface area contributed by atoms with E-state index in [4.69, 9.17) is 0 Å². The van der Waals surface area contributed by atoms with Gasteiger partial charge >= 0.3 is 0 Å². The first-order valence-corrected chi connectivity index (χ1v) is 7.14. The Bertz CT molecular complexity index is 213. The molecule has 1 saturated carbocycles. The molecule has 0 spiro atoms. The van der Waals surface area contributed by atoms with Crippen LogP contribution in [0.4, 0.5) is 0 Å². The molecule has 1 aliphatic heterocycles. The molecule has 2 rings (SSSR count). The fraction of sp³-hybridized carbons (Fsp3) is 1.00. The highest BCUT2D eigenvalue weighted by molar-refractivity contribution is 4.83. The summed E-state index contributed by atoms with van der Waals surface area (Å²) in [6.07, 6.45) is 5.63. The van der Waals surface area contributed by atoms with Gasteiger partial charge < -0.3 is 10.2 Å². The number of nitrogens with zero attached hydrogens (tertiary/aromatic N) is 1. The monoisotopic (exact) mass is 224 g/mol. The molecule has 16 heavy (non-hydrogen) atoms. The number of piperidine rings is 1. The third-order valence-electron chi connectivity index (χ3n) is 4.38. The fourth-order valence-electron chi connectivity index (χ4n) is 2.80. The Morgan fingerprint density at radius 1 is 1.25 bits per heavy atom. The zero-order chi connectivity index (χ0) is 11.5. The summed E-state index contributed by atoms with van der Waals surface area (Å²) >= 11 is 0. The molecule has 2 heteroatoms. The summed E-state index contributed by atoms with van der Waals surface area (Å²) in [7, 11) is 0. The van der Waals surface area contributed by atoms with Gasteiger partial charge in [0.05, 0.1) is 0 Å². The average molecular weight is 224 g/mol. The summed E-state index contributed by atoms with van der Waals surface area (Å²) in [6.45, 7) is 11.0. The SMILES string of the molecule is CC(CNC1CC1)CN1CCCC(C)C1C. The molecule has 0 aromatic rings. The highest BCUT2D eigenvalue weighted by atomic mass is 15.2. The fourth-order valence-corrected chi connectivity index (χ4v) is 2.80. The van der Waals surface area contributed by atoms with Crippen molar-refractivity contribution in [3.05, 3.63) is 0 Å². The molecule has 2 nitrogen and oxygen atoms in total. The molecule has 1 saturated heterocycles. The predicted octanol–water partition coefficient (Wildman–Crippen LogP) is 2.49. The Labute approximate surface area is 101 Å². The lowest BCUT2D eigenvalue weighted by Crippen LogP contribution is -2.45. The number of hydrogen-bond donors (Lipinski definition) is 1. The van der Waals surface area contributed by atoms with Crippen molar-refractivity contribution in [1.82, 2.24) is 10.2 Å². The minimum Gasteiger partial charge on any atom is -0.314 e. The van der Waals surface area contributed by atoms with Crippen molar-refractivity contribution in [1.29, 1.82) is 0 Å². The van der Waals surface area contributed by atoms with Crippen molar-refractivity contribution >= 4 is 0 Å². The summed E-state index contributed by atoms with van der Waals surface area (Å²) in [5, 5.41) is 3.65. The molecule has 3 unspecified atom stereocenters. The predicted molar refractivity (Wildman–Crippen MR) is 69.6 cm³/mol. The Kier molecular flexibility index (Phi) is 4.26. The van der Waals surface area contributed by atoms with Gasteiger partial charge in [-0.05, 0) is 57.5 Å². The molecular formula is C14H28N2. The Balaban J connectivity index is 1.69. The van der Waals surface area contributed by atoms with Gasteiger partial charge in [0, 0.05) is 18.6 Å².